The molecule has 0 saturated heterocycles. The largest absolute Gasteiger partial charge is 0.393 e. The second kappa shape index (κ2) is 11.6. The molecule has 0 amide bonds. The number of rotatable bonds is 12. The molecule has 0 aromatic heterocycles. The van der Waals surface area contributed by atoms with Gasteiger partial charge in [-0.3, -0.25) is 0 Å². The average molecular weight is 282 g/mol. The van der Waals surface area contributed by atoms with Crippen LogP contribution in [-0.2, 0) is 0 Å². The first-order valence-corrected chi connectivity index (χ1v) is 7.70. The normalized spacial score (nSPS) is 13.7. The zero-order valence-corrected chi connectivity index (χ0v) is 12.1. The minimum absolute atomic E-state index is 0.274. The monoisotopic (exact) mass is 282 g/mol. The van der Waals surface area contributed by atoms with Crippen molar-refractivity contribution in [3.8, 4) is 0 Å². The summed E-state index contributed by atoms with van der Waals surface area (Å²) >= 11 is 0. The molecule has 0 saturated carbocycles. The van der Waals surface area contributed by atoms with Gasteiger partial charge in [0.15, 0.2) is 0 Å². The molecule has 19 heavy (non-hydrogen) atoms. The fraction of sp³-hybridized carbons (Fsp3) is 1.00. The Morgan fingerprint density at radius 2 is 1.21 bits per heavy atom. The minimum Gasteiger partial charge on any atom is -0.393 e. The van der Waals surface area contributed by atoms with E-state index in [1.165, 1.54) is 44.9 Å². The summed E-state index contributed by atoms with van der Waals surface area (Å²) in [4.78, 5) is 0. The Balaban J connectivity index is 3.18. The fourth-order valence-corrected chi connectivity index (χ4v) is 2.24. The lowest BCUT2D eigenvalue weighted by molar-refractivity contribution is -0.154. The molecular formula is C15H29F3O. The van der Waals surface area contributed by atoms with Gasteiger partial charge in [0.05, 0.1) is 12.5 Å². The Morgan fingerprint density at radius 3 is 1.63 bits per heavy atom. The Labute approximate surface area is 115 Å². The molecule has 4 heteroatoms. The van der Waals surface area contributed by atoms with Gasteiger partial charge in [0.25, 0.3) is 0 Å². The molecule has 0 aromatic carbocycles. The predicted octanol–water partition coefficient (Wildman–Crippen LogP) is 5.61. The highest BCUT2D eigenvalue weighted by Crippen LogP contribution is 2.23. The van der Waals surface area contributed by atoms with Crippen LogP contribution in [0.5, 0.6) is 0 Å². The summed E-state index contributed by atoms with van der Waals surface area (Å²) in [5, 5.41) is 9.19. The van der Waals surface area contributed by atoms with Crippen molar-refractivity contribution in [1.29, 1.82) is 0 Å². The Morgan fingerprint density at radius 1 is 0.789 bits per heavy atom. The molecule has 1 unspecified atom stereocenters. The third-order valence-corrected chi connectivity index (χ3v) is 3.36. The Kier molecular flexibility index (Phi) is 11.4. The van der Waals surface area contributed by atoms with Crippen LogP contribution < -0.4 is 0 Å². The molecule has 1 atom stereocenters. The lowest BCUT2D eigenvalue weighted by Crippen LogP contribution is -2.19. The van der Waals surface area contributed by atoms with E-state index in [1.807, 2.05) is 0 Å². The molecular weight excluding hydrogens is 253 g/mol. The summed E-state index contributed by atoms with van der Waals surface area (Å²) < 4.78 is 35.8. The molecule has 0 heterocycles. The molecule has 0 fully saturated rings. The van der Waals surface area contributed by atoms with Crippen LogP contribution in [0.25, 0.3) is 0 Å². The number of halogens is 3. The summed E-state index contributed by atoms with van der Waals surface area (Å²) in [6, 6.07) is 0. The highest BCUT2D eigenvalue weighted by molar-refractivity contribution is 4.62. The van der Waals surface area contributed by atoms with Gasteiger partial charge in [-0.1, -0.05) is 71.1 Å². The lowest BCUT2D eigenvalue weighted by atomic mass is 10.0. The van der Waals surface area contributed by atoms with Crippen LogP contribution in [0.1, 0.15) is 84.0 Å². The van der Waals surface area contributed by atoms with E-state index in [2.05, 4.69) is 6.92 Å². The molecule has 0 aliphatic heterocycles. The molecule has 1 N–H and O–H groups in total. The van der Waals surface area contributed by atoms with Gasteiger partial charge in [-0.2, -0.15) is 13.2 Å². The minimum atomic E-state index is -4.24. The molecule has 0 aromatic rings. The lowest BCUT2D eigenvalue weighted by Gasteiger charge is -2.12. The van der Waals surface area contributed by atoms with E-state index in [4.69, 9.17) is 0 Å². The van der Waals surface area contributed by atoms with Crippen LogP contribution in [0.15, 0.2) is 0 Å². The van der Waals surface area contributed by atoms with Gasteiger partial charge in [0.2, 0.25) is 0 Å². The highest BCUT2D eigenvalue weighted by atomic mass is 19.4. The molecule has 116 valence electrons. The number of hydrogen-bond donors (Lipinski definition) is 1. The van der Waals surface area contributed by atoms with Gasteiger partial charge < -0.3 is 5.11 Å². The van der Waals surface area contributed by atoms with E-state index in [-0.39, 0.29) is 6.42 Å². The maximum atomic E-state index is 11.9. The molecule has 0 rings (SSSR count). The Hall–Kier alpha value is -0.250. The molecule has 0 bridgehead atoms. The second-order valence-electron chi connectivity index (χ2n) is 5.44. The van der Waals surface area contributed by atoms with Crippen LogP contribution in [0, 0.1) is 0 Å². The first kappa shape index (κ1) is 18.8. The van der Waals surface area contributed by atoms with E-state index < -0.39 is 18.7 Å². The Bertz CT molecular complexity index is 192. The van der Waals surface area contributed by atoms with Crippen LogP contribution in [-0.4, -0.2) is 17.4 Å². The van der Waals surface area contributed by atoms with E-state index in [9.17, 15) is 18.3 Å². The van der Waals surface area contributed by atoms with Gasteiger partial charge in [-0.15, -0.1) is 0 Å². The zero-order chi connectivity index (χ0) is 14.6. The zero-order valence-electron chi connectivity index (χ0n) is 12.1. The van der Waals surface area contributed by atoms with Crippen molar-refractivity contribution in [3.05, 3.63) is 0 Å². The van der Waals surface area contributed by atoms with Crippen LogP contribution >= 0.6 is 0 Å². The van der Waals surface area contributed by atoms with E-state index in [0.717, 1.165) is 12.8 Å². The first-order chi connectivity index (χ1) is 8.95. The topological polar surface area (TPSA) is 20.2 Å². The number of unbranched alkanes of at least 4 members (excludes halogenated alkanes) is 9. The number of alkyl halides is 3. The SMILES string of the molecule is CCCCCCCCCCCCC(O)CC(F)(F)F. The van der Waals surface area contributed by atoms with Crippen molar-refractivity contribution < 1.29 is 18.3 Å². The van der Waals surface area contributed by atoms with Crippen LogP contribution in [0.3, 0.4) is 0 Å². The summed E-state index contributed by atoms with van der Waals surface area (Å²) in [5.41, 5.74) is 0. The van der Waals surface area contributed by atoms with E-state index >= 15 is 0 Å². The van der Waals surface area contributed by atoms with Crippen molar-refractivity contribution in [3.63, 3.8) is 0 Å². The van der Waals surface area contributed by atoms with Gasteiger partial charge in [-0.05, 0) is 6.42 Å². The van der Waals surface area contributed by atoms with Crippen molar-refractivity contribution in [2.45, 2.75) is 96.3 Å². The summed E-state index contributed by atoms with van der Waals surface area (Å²) in [7, 11) is 0. The first-order valence-electron chi connectivity index (χ1n) is 7.70. The standard InChI is InChI=1S/C15H29F3O/c1-2-3-4-5-6-7-8-9-10-11-12-14(19)13-15(16,17)18/h14,19H,2-13H2,1H3. The summed E-state index contributed by atoms with van der Waals surface area (Å²) in [5.74, 6) is 0. The van der Waals surface area contributed by atoms with E-state index in [0.29, 0.717) is 6.42 Å². The smallest absolute Gasteiger partial charge is 0.391 e. The number of hydrogen-bond acceptors (Lipinski definition) is 1. The van der Waals surface area contributed by atoms with Gasteiger partial charge >= 0.3 is 6.18 Å². The van der Waals surface area contributed by atoms with Crippen molar-refractivity contribution >= 4 is 0 Å². The summed E-state index contributed by atoms with van der Waals surface area (Å²) in [6.07, 6.45) is 5.35. The van der Waals surface area contributed by atoms with Gasteiger partial charge in [0, 0.05) is 0 Å². The maximum absolute atomic E-state index is 11.9. The second-order valence-corrected chi connectivity index (χ2v) is 5.44. The number of aliphatic hydroxyl groups excluding tert-OH is 1. The van der Waals surface area contributed by atoms with Gasteiger partial charge in [-0.25, -0.2) is 0 Å². The molecule has 0 radical (unpaired) electrons. The predicted molar refractivity (Wildman–Crippen MR) is 73.1 cm³/mol. The quantitative estimate of drug-likeness (QED) is 0.461. The van der Waals surface area contributed by atoms with Crippen molar-refractivity contribution in [2.24, 2.45) is 0 Å². The third-order valence-electron chi connectivity index (χ3n) is 3.36. The maximum Gasteiger partial charge on any atom is 0.391 e. The number of aliphatic hydroxyl groups is 1. The molecule has 1 nitrogen and oxygen atoms in total. The van der Waals surface area contributed by atoms with Crippen molar-refractivity contribution in [2.75, 3.05) is 0 Å². The molecule has 0 spiro atoms. The highest BCUT2D eigenvalue weighted by Gasteiger charge is 2.30. The molecule has 0 aliphatic carbocycles. The third kappa shape index (κ3) is 15.7. The van der Waals surface area contributed by atoms with Crippen LogP contribution in [0.2, 0.25) is 0 Å². The van der Waals surface area contributed by atoms with Crippen molar-refractivity contribution in [1.82, 2.24) is 0 Å². The van der Waals surface area contributed by atoms with Crippen LogP contribution in [0.4, 0.5) is 13.2 Å². The fourth-order valence-electron chi connectivity index (χ4n) is 2.24. The molecule has 0 aliphatic rings. The van der Waals surface area contributed by atoms with Gasteiger partial charge in [0.1, 0.15) is 0 Å². The summed E-state index contributed by atoms with van der Waals surface area (Å²) in [6.45, 7) is 2.20. The van der Waals surface area contributed by atoms with E-state index in [1.54, 1.807) is 0 Å². The average Bonchev–Trinajstić information content (AvgIpc) is 2.29.